The molecule has 0 bridgehead atoms. The van der Waals surface area contributed by atoms with Crippen molar-refractivity contribution >= 4 is 11.8 Å². The molecule has 1 atom stereocenters. The topological polar surface area (TPSA) is 98.2 Å². The summed E-state index contributed by atoms with van der Waals surface area (Å²) >= 11 is 0. The van der Waals surface area contributed by atoms with E-state index in [-0.39, 0.29) is 5.69 Å². The molecule has 0 saturated carbocycles. The predicted molar refractivity (Wildman–Crippen MR) is 67.1 cm³/mol. The summed E-state index contributed by atoms with van der Waals surface area (Å²) in [5, 5.41) is 6.03. The molecule has 0 radical (unpaired) electrons. The minimum atomic E-state index is -0.786. The zero-order valence-corrected chi connectivity index (χ0v) is 10.1. The summed E-state index contributed by atoms with van der Waals surface area (Å²) in [5.41, 5.74) is 6.31. The third-order valence-corrected chi connectivity index (χ3v) is 2.60. The molecule has 1 aromatic carbocycles. The van der Waals surface area contributed by atoms with Gasteiger partial charge in [0.1, 0.15) is 12.3 Å². The van der Waals surface area contributed by atoms with Crippen LogP contribution in [0.4, 0.5) is 0 Å². The SMILES string of the molecule is NC(=O)[C@H](Cc1ccccc1)NC(=O)c1ccon1. The van der Waals surface area contributed by atoms with Crippen molar-refractivity contribution in [3.05, 3.63) is 53.9 Å². The van der Waals surface area contributed by atoms with Crippen LogP contribution < -0.4 is 11.1 Å². The maximum absolute atomic E-state index is 11.8. The molecule has 0 saturated heterocycles. The van der Waals surface area contributed by atoms with Gasteiger partial charge in [0, 0.05) is 12.5 Å². The van der Waals surface area contributed by atoms with Crippen molar-refractivity contribution in [2.24, 2.45) is 5.73 Å². The van der Waals surface area contributed by atoms with E-state index in [0.717, 1.165) is 5.56 Å². The van der Waals surface area contributed by atoms with Gasteiger partial charge in [0.15, 0.2) is 5.69 Å². The largest absolute Gasteiger partial charge is 0.368 e. The van der Waals surface area contributed by atoms with Gasteiger partial charge in [-0.25, -0.2) is 0 Å². The molecule has 2 amide bonds. The van der Waals surface area contributed by atoms with Crippen molar-refractivity contribution in [2.45, 2.75) is 12.5 Å². The quantitative estimate of drug-likeness (QED) is 0.816. The van der Waals surface area contributed by atoms with Crippen LogP contribution >= 0.6 is 0 Å². The van der Waals surface area contributed by atoms with Gasteiger partial charge < -0.3 is 15.6 Å². The average molecular weight is 259 g/mol. The lowest BCUT2D eigenvalue weighted by Crippen LogP contribution is -2.45. The van der Waals surface area contributed by atoms with Crippen LogP contribution in [0, 0.1) is 0 Å². The Morgan fingerprint density at radius 2 is 2.00 bits per heavy atom. The Labute approximate surface area is 109 Å². The molecule has 6 nitrogen and oxygen atoms in total. The van der Waals surface area contributed by atoms with Gasteiger partial charge in [-0.05, 0) is 5.56 Å². The number of nitrogens with two attached hydrogens (primary N) is 1. The molecule has 0 spiro atoms. The van der Waals surface area contributed by atoms with E-state index in [1.165, 1.54) is 12.3 Å². The van der Waals surface area contributed by atoms with Crippen molar-refractivity contribution in [3.8, 4) is 0 Å². The highest BCUT2D eigenvalue weighted by molar-refractivity contribution is 5.95. The third-order valence-electron chi connectivity index (χ3n) is 2.60. The minimum absolute atomic E-state index is 0.110. The number of carbonyl (C=O) groups excluding carboxylic acids is 2. The number of nitrogens with one attached hydrogen (secondary N) is 1. The van der Waals surface area contributed by atoms with E-state index in [0.29, 0.717) is 6.42 Å². The second-order valence-corrected chi connectivity index (χ2v) is 4.00. The average Bonchev–Trinajstić information content (AvgIpc) is 2.93. The standard InChI is InChI=1S/C13H13N3O3/c14-12(17)11(8-9-4-2-1-3-5-9)15-13(18)10-6-7-19-16-10/h1-7,11H,8H2,(H2,14,17)(H,15,18)/t11-/m0/s1. The predicted octanol–water partition coefficient (Wildman–Crippen LogP) is 0.501. The van der Waals surface area contributed by atoms with E-state index in [1.54, 1.807) is 0 Å². The summed E-state index contributed by atoms with van der Waals surface area (Å²) in [7, 11) is 0. The number of nitrogens with zero attached hydrogens (tertiary/aromatic N) is 1. The maximum atomic E-state index is 11.8. The molecule has 0 aliphatic heterocycles. The second kappa shape index (κ2) is 5.81. The first-order valence-corrected chi connectivity index (χ1v) is 5.71. The number of benzene rings is 1. The van der Waals surface area contributed by atoms with Crippen LogP contribution in [0.25, 0.3) is 0 Å². The van der Waals surface area contributed by atoms with E-state index in [1.807, 2.05) is 30.3 Å². The summed E-state index contributed by atoms with van der Waals surface area (Å²) in [4.78, 5) is 23.1. The molecular formula is C13H13N3O3. The van der Waals surface area contributed by atoms with Gasteiger partial charge in [-0.3, -0.25) is 9.59 Å². The second-order valence-electron chi connectivity index (χ2n) is 4.00. The summed E-state index contributed by atoms with van der Waals surface area (Å²) in [6.45, 7) is 0. The molecule has 1 heterocycles. The van der Waals surface area contributed by atoms with E-state index in [9.17, 15) is 9.59 Å². The summed E-state index contributed by atoms with van der Waals surface area (Å²) in [6.07, 6.45) is 1.62. The normalized spacial score (nSPS) is 11.8. The smallest absolute Gasteiger partial charge is 0.274 e. The fourth-order valence-corrected chi connectivity index (χ4v) is 1.63. The van der Waals surface area contributed by atoms with Crippen LogP contribution in [0.3, 0.4) is 0 Å². The zero-order chi connectivity index (χ0) is 13.7. The number of aromatic nitrogens is 1. The van der Waals surface area contributed by atoms with Gasteiger partial charge in [0.2, 0.25) is 5.91 Å². The van der Waals surface area contributed by atoms with Crippen LogP contribution in [-0.4, -0.2) is 23.0 Å². The maximum Gasteiger partial charge on any atom is 0.274 e. The molecule has 1 aromatic heterocycles. The fraction of sp³-hybridized carbons (Fsp3) is 0.154. The van der Waals surface area contributed by atoms with Crippen LogP contribution in [0.5, 0.6) is 0 Å². The lowest BCUT2D eigenvalue weighted by molar-refractivity contribution is -0.119. The Morgan fingerprint density at radius 1 is 1.26 bits per heavy atom. The molecule has 0 aliphatic carbocycles. The Kier molecular flexibility index (Phi) is 3.92. The summed E-state index contributed by atoms with van der Waals surface area (Å²) in [6, 6.07) is 9.93. The molecule has 0 fully saturated rings. The number of carbonyl (C=O) groups is 2. The van der Waals surface area contributed by atoms with Gasteiger partial charge in [-0.15, -0.1) is 0 Å². The van der Waals surface area contributed by atoms with Crippen LogP contribution in [-0.2, 0) is 11.2 Å². The molecule has 3 N–H and O–H groups in total. The first kappa shape index (κ1) is 12.8. The van der Waals surface area contributed by atoms with Gasteiger partial charge in [0.05, 0.1) is 0 Å². The molecule has 2 rings (SSSR count). The van der Waals surface area contributed by atoms with E-state index in [2.05, 4.69) is 15.0 Å². The van der Waals surface area contributed by atoms with E-state index < -0.39 is 17.9 Å². The van der Waals surface area contributed by atoms with Gasteiger partial charge in [-0.1, -0.05) is 35.5 Å². The number of amides is 2. The lowest BCUT2D eigenvalue weighted by Gasteiger charge is -2.14. The van der Waals surface area contributed by atoms with Crippen molar-refractivity contribution < 1.29 is 14.1 Å². The summed E-state index contributed by atoms with van der Waals surface area (Å²) in [5.74, 6) is -1.09. The Balaban J connectivity index is 2.05. The van der Waals surface area contributed by atoms with Crippen LogP contribution in [0.2, 0.25) is 0 Å². The molecule has 6 heteroatoms. The van der Waals surface area contributed by atoms with Crippen molar-refractivity contribution in [3.63, 3.8) is 0 Å². The molecule has 19 heavy (non-hydrogen) atoms. The Bertz CT molecular complexity index is 552. The van der Waals surface area contributed by atoms with Crippen LogP contribution in [0.1, 0.15) is 16.1 Å². The highest BCUT2D eigenvalue weighted by Crippen LogP contribution is 2.04. The van der Waals surface area contributed by atoms with E-state index >= 15 is 0 Å². The van der Waals surface area contributed by atoms with Gasteiger partial charge in [-0.2, -0.15) is 0 Å². The Hall–Kier alpha value is -2.63. The van der Waals surface area contributed by atoms with E-state index in [4.69, 9.17) is 5.73 Å². The molecule has 2 aromatic rings. The first-order chi connectivity index (χ1) is 9.16. The zero-order valence-electron chi connectivity index (χ0n) is 10.1. The van der Waals surface area contributed by atoms with Crippen molar-refractivity contribution in [1.29, 1.82) is 0 Å². The third kappa shape index (κ3) is 3.41. The number of hydrogen-bond acceptors (Lipinski definition) is 4. The number of rotatable bonds is 5. The van der Waals surface area contributed by atoms with Crippen molar-refractivity contribution in [2.75, 3.05) is 0 Å². The minimum Gasteiger partial charge on any atom is -0.368 e. The van der Waals surface area contributed by atoms with Gasteiger partial charge >= 0.3 is 0 Å². The number of primary amides is 1. The first-order valence-electron chi connectivity index (χ1n) is 5.71. The number of hydrogen-bond donors (Lipinski definition) is 2. The molecule has 98 valence electrons. The lowest BCUT2D eigenvalue weighted by atomic mass is 10.1. The summed E-state index contributed by atoms with van der Waals surface area (Å²) < 4.78 is 4.57. The molecule has 0 unspecified atom stereocenters. The Morgan fingerprint density at radius 3 is 2.58 bits per heavy atom. The van der Waals surface area contributed by atoms with Gasteiger partial charge in [0.25, 0.3) is 5.91 Å². The fourth-order valence-electron chi connectivity index (χ4n) is 1.63. The van der Waals surface area contributed by atoms with Crippen molar-refractivity contribution in [1.82, 2.24) is 10.5 Å². The highest BCUT2D eigenvalue weighted by Gasteiger charge is 2.20. The monoisotopic (exact) mass is 259 g/mol. The highest BCUT2D eigenvalue weighted by atomic mass is 16.5. The molecule has 0 aliphatic rings. The molecular weight excluding hydrogens is 246 g/mol. The van der Waals surface area contributed by atoms with Crippen LogP contribution in [0.15, 0.2) is 47.2 Å².